The molecule has 0 bridgehead atoms. The lowest BCUT2D eigenvalue weighted by molar-refractivity contribution is -0.385. The molecule has 0 aliphatic heterocycles. The second-order valence-corrected chi connectivity index (χ2v) is 4.91. The summed E-state index contributed by atoms with van der Waals surface area (Å²) in [5.74, 6) is -1.05. The maximum atomic E-state index is 12.6. The Balaban J connectivity index is 2.57. The number of esters is 1. The van der Waals surface area contributed by atoms with Crippen molar-refractivity contribution < 1.29 is 27.6 Å². The van der Waals surface area contributed by atoms with Crippen LogP contribution in [0.25, 0.3) is 11.3 Å². The van der Waals surface area contributed by atoms with E-state index in [9.17, 15) is 28.1 Å². The number of halogens is 4. The Morgan fingerprint density at radius 2 is 1.96 bits per heavy atom. The number of benzene rings is 1. The lowest BCUT2D eigenvalue weighted by Gasteiger charge is -2.10. The molecule has 0 atom stereocenters. The molecule has 0 fully saturated rings. The first-order valence-corrected chi connectivity index (χ1v) is 6.64. The quantitative estimate of drug-likeness (QED) is 0.467. The van der Waals surface area contributed by atoms with Gasteiger partial charge in [-0.1, -0.05) is 17.7 Å². The van der Waals surface area contributed by atoms with Gasteiger partial charge in [-0.15, -0.1) is 0 Å². The highest BCUT2D eigenvalue weighted by molar-refractivity contribution is 6.33. The van der Waals surface area contributed by atoms with E-state index in [-0.39, 0.29) is 16.3 Å². The molecule has 2 aromatic rings. The summed E-state index contributed by atoms with van der Waals surface area (Å²) >= 11 is 5.85. The van der Waals surface area contributed by atoms with Crippen LogP contribution in [0.4, 0.5) is 18.9 Å². The third-order valence-corrected chi connectivity index (χ3v) is 3.33. The van der Waals surface area contributed by atoms with E-state index in [4.69, 9.17) is 11.6 Å². The van der Waals surface area contributed by atoms with Gasteiger partial charge in [0.25, 0.3) is 0 Å². The Hall–Kier alpha value is -2.68. The number of hydrogen-bond donors (Lipinski definition) is 0. The van der Waals surface area contributed by atoms with Crippen molar-refractivity contribution in [3.63, 3.8) is 0 Å². The zero-order chi connectivity index (χ0) is 18.1. The summed E-state index contributed by atoms with van der Waals surface area (Å²) in [7, 11) is 1.02. The maximum Gasteiger partial charge on any atom is 0.416 e. The Labute approximate surface area is 138 Å². The first-order chi connectivity index (χ1) is 11.1. The zero-order valence-corrected chi connectivity index (χ0v) is 12.7. The van der Waals surface area contributed by atoms with E-state index < -0.39 is 34.0 Å². The summed E-state index contributed by atoms with van der Waals surface area (Å²) in [6.45, 7) is 0. The lowest BCUT2D eigenvalue weighted by Crippen LogP contribution is -2.09. The average Bonchev–Trinajstić information content (AvgIpc) is 2.52. The summed E-state index contributed by atoms with van der Waals surface area (Å²) in [6, 6.07) is 4.75. The highest BCUT2D eigenvalue weighted by Gasteiger charge is 2.31. The second kappa shape index (κ2) is 6.44. The maximum absolute atomic E-state index is 12.6. The number of nitro groups is 1. The van der Waals surface area contributed by atoms with Crippen LogP contribution < -0.4 is 0 Å². The predicted molar refractivity (Wildman–Crippen MR) is 77.7 cm³/mol. The molecule has 1 heterocycles. The highest BCUT2D eigenvalue weighted by atomic mass is 35.5. The van der Waals surface area contributed by atoms with Crippen molar-refractivity contribution in [2.75, 3.05) is 7.11 Å². The van der Waals surface area contributed by atoms with E-state index in [1.165, 1.54) is 6.07 Å². The number of nitrogens with zero attached hydrogens (tertiary/aromatic N) is 2. The van der Waals surface area contributed by atoms with Crippen molar-refractivity contribution in [3.8, 4) is 11.3 Å². The largest absolute Gasteiger partial charge is 0.464 e. The number of carbonyl (C=O) groups excluding carboxylic acids is 1. The van der Waals surface area contributed by atoms with Gasteiger partial charge in [-0.05, 0) is 18.2 Å². The second-order valence-electron chi connectivity index (χ2n) is 4.51. The first-order valence-electron chi connectivity index (χ1n) is 6.26. The van der Waals surface area contributed by atoms with E-state index in [1.54, 1.807) is 0 Å². The van der Waals surface area contributed by atoms with Crippen molar-refractivity contribution in [1.82, 2.24) is 4.98 Å². The third kappa shape index (κ3) is 3.46. The zero-order valence-electron chi connectivity index (χ0n) is 11.9. The van der Waals surface area contributed by atoms with Crippen molar-refractivity contribution in [2.24, 2.45) is 0 Å². The standard InChI is InChI=1S/C14H8ClF3N2O4/c1-24-13(21)12-11(20(22)23)5-4-10(19-12)8-3-2-7(6-9(8)15)14(16,17)18/h2-6H,1H3. The van der Waals surface area contributed by atoms with Crippen LogP contribution in [0.2, 0.25) is 5.02 Å². The number of rotatable bonds is 3. The molecule has 0 unspecified atom stereocenters. The summed E-state index contributed by atoms with van der Waals surface area (Å²) in [6.07, 6.45) is -4.57. The van der Waals surface area contributed by atoms with E-state index in [1.807, 2.05) is 0 Å². The van der Waals surface area contributed by atoms with Crippen molar-refractivity contribution in [1.29, 1.82) is 0 Å². The smallest absolute Gasteiger partial charge is 0.416 e. The van der Waals surface area contributed by atoms with Gasteiger partial charge in [-0.2, -0.15) is 13.2 Å². The number of aromatic nitrogens is 1. The van der Waals surface area contributed by atoms with Gasteiger partial charge < -0.3 is 4.74 Å². The molecule has 0 amide bonds. The van der Waals surface area contributed by atoms with Crippen molar-refractivity contribution in [3.05, 3.63) is 56.7 Å². The fourth-order valence-corrected chi connectivity index (χ4v) is 2.17. The normalized spacial score (nSPS) is 11.2. The Bertz CT molecular complexity index is 824. The van der Waals surface area contributed by atoms with E-state index in [2.05, 4.69) is 9.72 Å². The molecule has 10 heteroatoms. The predicted octanol–water partition coefficient (Wildman–Crippen LogP) is 4.12. The van der Waals surface area contributed by atoms with Gasteiger partial charge in [0.1, 0.15) is 0 Å². The van der Waals surface area contributed by atoms with E-state index in [0.717, 1.165) is 25.3 Å². The molecule has 0 radical (unpaired) electrons. The Morgan fingerprint density at radius 3 is 2.46 bits per heavy atom. The molecule has 1 aromatic heterocycles. The topological polar surface area (TPSA) is 82.3 Å². The van der Waals surface area contributed by atoms with E-state index >= 15 is 0 Å². The molecule has 0 spiro atoms. The molecule has 2 rings (SSSR count). The van der Waals surface area contributed by atoms with Gasteiger partial charge in [0, 0.05) is 11.6 Å². The summed E-state index contributed by atoms with van der Waals surface area (Å²) in [4.78, 5) is 25.5. The number of alkyl halides is 3. The minimum atomic E-state index is -4.57. The van der Waals surface area contributed by atoms with Crippen LogP contribution >= 0.6 is 11.6 Å². The molecular weight excluding hydrogens is 353 g/mol. The van der Waals surface area contributed by atoms with Crippen LogP contribution in [0.15, 0.2) is 30.3 Å². The molecule has 1 aromatic carbocycles. The van der Waals surface area contributed by atoms with Gasteiger partial charge in [-0.3, -0.25) is 10.1 Å². The number of carbonyl (C=O) groups is 1. The van der Waals surface area contributed by atoms with Gasteiger partial charge in [0.2, 0.25) is 5.69 Å². The van der Waals surface area contributed by atoms with Gasteiger partial charge in [0.15, 0.2) is 0 Å². The van der Waals surface area contributed by atoms with E-state index in [0.29, 0.717) is 6.07 Å². The molecule has 0 saturated carbocycles. The Kier molecular flexibility index (Phi) is 4.74. The lowest BCUT2D eigenvalue weighted by atomic mass is 10.1. The molecule has 0 N–H and O–H groups in total. The highest BCUT2D eigenvalue weighted by Crippen LogP contribution is 2.35. The fourth-order valence-electron chi connectivity index (χ4n) is 1.90. The SMILES string of the molecule is COC(=O)c1nc(-c2ccc(C(F)(F)F)cc2Cl)ccc1[N+](=O)[O-]. The van der Waals surface area contributed by atoms with Crippen molar-refractivity contribution >= 4 is 23.3 Å². The monoisotopic (exact) mass is 360 g/mol. The third-order valence-electron chi connectivity index (χ3n) is 3.02. The molecule has 24 heavy (non-hydrogen) atoms. The number of ether oxygens (including phenoxy) is 1. The van der Waals surface area contributed by atoms with Crippen LogP contribution in [-0.2, 0) is 10.9 Å². The Morgan fingerprint density at radius 1 is 1.29 bits per heavy atom. The van der Waals surface area contributed by atoms with Crippen molar-refractivity contribution in [2.45, 2.75) is 6.18 Å². The van der Waals surface area contributed by atoms with Gasteiger partial charge in [0.05, 0.1) is 28.3 Å². The average molecular weight is 361 g/mol. The first kappa shape index (κ1) is 17.7. The number of hydrogen-bond acceptors (Lipinski definition) is 5. The molecule has 6 nitrogen and oxygen atoms in total. The fraction of sp³-hybridized carbons (Fsp3) is 0.143. The van der Waals surface area contributed by atoms with Gasteiger partial charge >= 0.3 is 17.8 Å². The van der Waals surface area contributed by atoms with Gasteiger partial charge in [-0.25, -0.2) is 9.78 Å². The minimum Gasteiger partial charge on any atom is -0.464 e. The molecule has 0 aliphatic rings. The number of methoxy groups -OCH3 is 1. The van der Waals surface area contributed by atoms with Crippen LogP contribution in [0.3, 0.4) is 0 Å². The molecule has 0 saturated heterocycles. The molecule has 126 valence electrons. The summed E-state index contributed by atoms with van der Waals surface area (Å²) in [5, 5.41) is 10.7. The summed E-state index contributed by atoms with van der Waals surface area (Å²) < 4.78 is 42.4. The summed E-state index contributed by atoms with van der Waals surface area (Å²) in [5.41, 5.74) is -2.03. The minimum absolute atomic E-state index is 0.000255. The van der Waals surface area contributed by atoms with Crippen LogP contribution in [0.5, 0.6) is 0 Å². The van der Waals surface area contributed by atoms with Crippen LogP contribution in [-0.4, -0.2) is 23.0 Å². The molecule has 0 aliphatic carbocycles. The number of pyridine rings is 1. The molecular formula is C14H8ClF3N2O4. The van der Waals surface area contributed by atoms with Crippen LogP contribution in [0, 0.1) is 10.1 Å². The van der Waals surface area contributed by atoms with Crippen LogP contribution in [0.1, 0.15) is 16.1 Å².